The van der Waals surface area contributed by atoms with E-state index in [9.17, 15) is 0 Å². The molecule has 2 aromatic rings. The van der Waals surface area contributed by atoms with Crippen LogP contribution in [0.5, 0.6) is 5.75 Å². The number of guanidine groups is 1. The normalized spacial score (nSPS) is 16.0. The van der Waals surface area contributed by atoms with Crippen LogP contribution in [-0.2, 0) is 11.2 Å². The van der Waals surface area contributed by atoms with Gasteiger partial charge >= 0.3 is 0 Å². The molecule has 3 rings (SSSR count). The van der Waals surface area contributed by atoms with E-state index < -0.39 is 0 Å². The molecule has 1 aromatic heterocycles. The topological polar surface area (TPSA) is 68.0 Å². The number of aliphatic imine (C=N–C) groups is 1. The molecule has 0 saturated carbocycles. The second-order valence-corrected chi connectivity index (χ2v) is 6.20. The maximum absolute atomic E-state index is 5.75. The quantitative estimate of drug-likeness (QED) is 0.259. The molecule has 1 atom stereocenters. The molecule has 148 valence electrons. The fourth-order valence-electron chi connectivity index (χ4n) is 2.97. The Morgan fingerprint density at radius 1 is 1.26 bits per heavy atom. The molecular formula is C20H28IN3O3. The molecule has 2 heterocycles. The summed E-state index contributed by atoms with van der Waals surface area (Å²) >= 11 is 0. The lowest BCUT2D eigenvalue weighted by atomic mass is 10.0. The number of para-hydroxylation sites is 1. The third-order valence-electron chi connectivity index (χ3n) is 4.29. The molecule has 0 radical (unpaired) electrons. The van der Waals surface area contributed by atoms with Gasteiger partial charge in [0.05, 0.1) is 18.9 Å². The zero-order valence-electron chi connectivity index (χ0n) is 15.6. The fourth-order valence-corrected chi connectivity index (χ4v) is 2.97. The molecule has 0 fully saturated rings. The number of benzene rings is 1. The molecule has 1 aliphatic rings. The molecule has 1 aromatic carbocycles. The van der Waals surface area contributed by atoms with Gasteiger partial charge in [0.2, 0.25) is 0 Å². The molecule has 0 bridgehead atoms. The van der Waals surface area contributed by atoms with E-state index in [4.69, 9.17) is 18.9 Å². The first-order chi connectivity index (χ1) is 12.9. The smallest absolute Gasteiger partial charge is 0.191 e. The highest BCUT2D eigenvalue weighted by Crippen LogP contribution is 2.31. The Hall–Kier alpha value is -1.74. The molecule has 6 nitrogen and oxygen atoms in total. The van der Waals surface area contributed by atoms with Crippen molar-refractivity contribution in [2.75, 3.05) is 33.4 Å². The number of nitrogens with zero attached hydrogens (tertiary/aromatic N) is 1. The Balaban J connectivity index is 0.00000261. The minimum atomic E-state index is 0. The number of fused-ring (bicyclic) bond motifs is 1. The molecule has 0 spiro atoms. The van der Waals surface area contributed by atoms with Crippen LogP contribution in [-0.4, -0.2) is 39.4 Å². The highest BCUT2D eigenvalue weighted by molar-refractivity contribution is 14.0. The first-order valence-electron chi connectivity index (χ1n) is 9.14. The predicted molar refractivity (Wildman–Crippen MR) is 117 cm³/mol. The number of ether oxygens (including phenoxy) is 2. The van der Waals surface area contributed by atoms with Gasteiger partial charge in [0.25, 0.3) is 0 Å². The van der Waals surface area contributed by atoms with Gasteiger partial charge in [-0.3, -0.25) is 4.99 Å². The predicted octanol–water partition coefficient (Wildman–Crippen LogP) is 3.54. The van der Waals surface area contributed by atoms with Gasteiger partial charge in [-0.15, -0.1) is 24.0 Å². The Kier molecular flexibility index (Phi) is 9.47. The van der Waals surface area contributed by atoms with Gasteiger partial charge in [-0.1, -0.05) is 18.2 Å². The van der Waals surface area contributed by atoms with Crippen LogP contribution in [0.4, 0.5) is 0 Å². The molecule has 0 aliphatic carbocycles. The van der Waals surface area contributed by atoms with Gasteiger partial charge in [0.15, 0.2) is 5.96 Å². The molecule has 1 aliphatic heterocycles. The summed E-state index contributed by atoms with van der Waals surface area (Å²) in [5.41, 5.74) is 1.18. The van der Waals surface area contributed by atoms with E-state index in [1.165, 1.54) is 5.56 Å². The van der Waals surface area contributed by atoms with Crippen LogP contribution in [0.15, 0.2) is 52.1 Å². The van der Waals surface area contributed by atoms with E-state index in [-0.39, 0.29) is 30.0 Å². The van der Waals surface area contributed by atoms with Crippen molar-refractivity contribution in [2.24, 2.45) is 4.99 Å². The van der Waals surface area contributed by atoms with E-state index in [1.54, 1.807) is 13.4 Å². The Bertz CT molecular complexity index is 692. The minimum absolute atomic E-state index is 0. The number of furan rings is 1. The first-order valence-corrected chi connectivity index (χ1v) is 9.14. The minimum Gasteiger partial charge on any atom is -0.493 e. The van der Waals surface area contributed by atoms with Crippen molar-refractivity contribution in [3.8, 4) is 5.75 Å². The van der Waals surface area contributed by atoms with Crippen molar-refractivity contribution in [2.45, 2.75) is 25.3 Å². The molecule has 0 saturated heterocycles. The summed E-state index contributed by atoms with van der Waals surface area (Å²) in [6, 6.07) is 12.3. The molecule has 0 amide bonds. The lowest BCUT2D eigenvalue weighted by Crippen LogP contribution is -2.42. The number of rotatable bonds is 8. The standard InChI is InChI=1S/C20H27N3O3.HI/c1-24-13-5-11-21-20(22-12-9-16-6-4-14-25-16)23-18-10-15-26-19-8-3-2-7-17(18)19;/h2-4,6-8,14,18H,5,9-13,15H2,1H3,(H2,21,22,23);1H. The van der Waals surface area contributed by atoms with Crippen molar-refractivity contribution in [1.82, 2.24) is 10.6 Å². The summed E-state index contributed by atoms with van der Waals surface area (Å²) in [4.78, 5) is 4.69. The van der Waals surface area contributed by atoms with Crippen molar-refractivity contribution < 1.29 is 13.9 Å². The van der Waals surface area contributed by atoms with Crippen LogP contribution >= 0.6 is 24.0 Å². The zero-order chi connectivity index (χ0) is 18.0. The summed E-state index contributed by atoms with van der Waals surface area (Å²) in [7, 11) is 1.71. The van der Waals surface area contributed by atoms with E-state index >= 15 is 0 Å². The third-order valence-corrected chi connectivity index (χ3v) is 4.29. The Labute approximate surface area is 177 Å². The fraction of sp³-hybridized carbons (Fsp3) is 0.450. The monoisotopic (exact) mass is 485 g/mol. The van der Waals surface area contributed by atoms with Gasteiger partial charge in [-0.2, -0.15) is 0 Å². The number of hydrogen-bond donors (Lipinski definition) is 2. The van der Waals surface area contributed by atoms with E-state index in [0.29, 0.717) is 13.2 Å². The molecule has 2 N–H and O–H groups in total. The van der Waals surface area contributed by atoms with Crippen LogP contribution in [0.25, 0.3) is 0 Å². The summed E-state index contributed by atoms with van der Waals surface area (Å²) in [6.07, 6.45) is 4.32. The highest BCUT2D eigenvalue weighted by atomic mass is 127. The summed E-state index contributed by atoms with van der Waals surface area (Å²) < 4.78 is 16.3. The van der Waals surface area contributed by atoms with Crippen LogP contribution in [0.1, 0.15) is 30.2 Å². The van der Waals surface area contributed by atoms with Crippen LogP contribution in [0.2, 0.25) is 0 Å². The second kappa shape index (κ2) is 11.9. The van der Waals surface area contributed by atoms with Gasteiger partial charge in [0, 0.05) is 45.2 Å². The molecule has 1 unspecified atom stereocenters. The van der Waals surface area contributed by atoms with Gasteiger partial charge in [-0.05, 0) is 24.6 Å². The van der Waals surface area contributed by atoms with E-state index in [1.807, 2.05) is 30.3 Å². The lowest BCUT2D eigenvalue weighted by molar-refractivity contribution is 0.197. The average Bonchev–Trinajstić information content (AvgIpc) is 3.19. The number of nitrogens with one attached hydrogen (secondary N) is 2. The van der Waals surface area contributed by atoms with Crippen molar-refractivity contribution in [1.29, 1.82) is 0 Å². The van der Waals surface area contributed by atoms with Crippen LogP contribution in [0, 0.1) is 0 Å². The largest absolute Gasteiger partial charge is 0.493 e. The summed E-state index contributed by atoms with van der Waals surface area (Å²) in [6.45, 7) is 2.89. The maximum atomic E-state index is 5.75. The Morgan fingerprint density at radius 2 is 2.15 bits per heavy atom. The Morgan fingerprint density at radius 3 is 2.96 bits per heavy atom. The zero-order valence-corrected chi connectivity index (χ0v) is 18.0. The van der Waals surface area contributed by atoms with Crippen molar-refractivity contribution in [3.63, 3.8) is 0 Å². The van der Waals surface area contributed by atoms with Crippen molar-refractivity contribution >= 4 is 29.9 Å². The van der Waals surface area contributed by atoms with E-state index in [2.05, 4.69) is 16.7 Å². The van der Waals surface area contributed by atoms with E-state index in [0.717, 1.165) is 49.8 Å². The summed E-state index contributed by atoms with van der Waals surface area (Å²) in [5.74, 6) is 2.73. The molecule has 27 heavy (non-hydrogen) atoms. The SMILES string of the molecule is COCCCN=C(NCCc1ccco1)NC1CCOc2ccccc21.I. The third kappa shape index (κ3) is 6.73. The van der Waals surface area contributed by atoms with Crippen LogP contribution in [0.3, 0.4) is 0 Å². The van der Waals surface area contributed by atoms with Gasteiger partial charge in [0.1, 0.15) is 11.5 Å². The second-order valence-electron chi connectivity index (χ2n) is 6.20. The van der Waals surface area contributed by atoms with Gasteiger partial charge < -0.3 is 24.5 Å². The molecular weight excluding hydrogens is 457 g/mol. The van der Waals surface area contributed by atoms with Gasteiger partial charge in [-0.25, -0.2) is 0 Å². The summed E-state index contributed by atoms with van der Waals surface area (Å²) in [5, 5.41) is 6.97. The number of hydrogen-bond acceptors (Lipinski definition) is 4. The average molecular weight is 485 g/mol. The van der Waals surface area contributed by atoms with Crippen molar-refractivity contribution in [3.05, 3.63) is 54.0 Å². The first kappa shape index (κ1) is 21.6. The molecule has 7 heteroatoms. The maximum Gasteiger partial charge on any atom is 0.191 e. The number of methoxy groups -OCH3 is 1. The highest BCUT2D eigenvalue weighted by Gasteiger charge is 2.21. The van der Waals surface area contributed by atoms with Crippen LogP contribution < -0.4 is 15.4 Å². The number of halogens is 1. The lowest BCUT2D eigenvalue weighted by Gasteiger charge is -2.28.